The second kappa shape index (κ2) is 5.78. The molecule has 1 heterocycles. The summed E-state index contributed by atoms with van der Waals surface area (Å²) in [4.78, 5) is 25.3. The molecule has 0 aliphatic carbocycles. The summed E-state index contributed by atoms with van der Waals surface area (Å²) < 4.78 is 1.64. The van der Waals surface area contributed by atoms with Crippen LogP contribution in [0.15, 0.2) is 22.7 Å². The highest BCUT2D eigenvalue weighted by atomic mass is 127. The molecule has 19 heavy (non-hydrogen) atoms. The minimum atomic E-state index is -0.930. The van der Waals surface area contributed by atoms with E-state index in [9.17, 15) is 14.7 Å². The third-order valence-corrected chi connectivity index (χ3v) is 4.74. The number of benzene rings is 1. The maximum atomic E-state index is 12.5. The molecule has 4 nitrogen and oxygen atoms in total. The first kappa shape index (κ1) is 14.8. The zero-order chi connectivity index (χ0) is 14.2. The molecule has 1 aromatic carbocycles. The number of carbonyl (C=O) groups is 2. The van der Waals surface area contributed by atoms with Gasteiger partial charge in [-0.3, -0.25) is 4.79 Å². The number of carbonyl (C=O) groups excluding carboxylic acids is 1. The van der Waals surface area contributed by atoms with Gasteiger partial charge in [-0.25, -0.2) is 4.79 Å². The van der Waals surface area contributed by atoms with Gasteiger partial charge < -0.3 is 10.0 Å². The van der Waals surface area contributed by atoms with E-state index >= 15 is 0 Å². The van der Waals surface area contributed by atoms with Crippen molar-refractivity contribution in [3.05, 3.63) is 31.8 Å². The Balaban J connectivity index is 2.33. The maximum absolute atomic E-state index is 12.5. The van der Waals surface area contributed by atoms with Gasteiger partial charge in [-0.2, -0.15) is 0 Å². The van der Waals surface area contributed by atoms with Crippen LogP contribution in [0.2, 0.25) is 0 Å². The fourth-order valence-electron chi connectivity index (χ4n) is 2.37. The lowest BCUT2D eigenvalue weighted by molar-refractivity contribution is -0.142. The summed E-state index contributed by atoms with van der Waals surface area (Å²) in [7, 11) is 0. The van der Waals surface area contributed by atoms with E-state index in [1.165, 1.54) is 4.90 Å². The first-order valence-electron chi connectivity index (χ1n) is 5.90. The Hall–Kier alpha value is -0.630. The Morgan fingerprint density at radius 1 is 1.47 bits per heavy atom. The molecule has 0 saturated carbocycles. The molecule has 1 aliphatic heterocycles. The first-order valence-corrected chi connectivity index (χ1v) is 7.78. The Labute approximate surface area is 133 Å². The molecule has 0 radical (unpaired) electrons. The highest BCUT2D eigenvalue weighted by molar-refractivity contribution is 14.1. The van der Waals surface area contributed by atoms with Gasteiger partial charge >= 0.3 is 5.97 Å². The average molecular weight is 438 g/mol. The number of hydrogen-bond acceptors (Lipinski definition) is 2. The van der Waals surface area contributed by atoms with Crippen LogP contribution in [0.4, 0.5) is 0 Å². The summed E-state index contributed by atoms with van der Waals surface area (Å²) >= 11 is 5.49. The van der Waals surface area contributed by atoms with Crippen molar-refractivity contribution in [2.24, 2.45) is 5.92 Å². The molecule has 1 fully saturated rings. The van der Waals surface area contributed by atoms with Gasteiger partial charge in [-0.05, 0) is 69.1 Å². The molecule has 2 rings (SSSR count). The van der Waals surface area contributed by atoms with Crippen LogP contribution < -0.4 is 0 Å². The van der Waals surface area contributed by atoms with Crippen LogP contribution in [0.1, 0.15) is 23.7 Å². The van der Waals surface area contributed by atoms with Crippen LogP contribution in [-0.4, -0.2) is 34.5 Å². The van der Waals surface area contributed by atoms with Crippen LogP contribution in [0, 0.1) is 9.49 Å². The highest BCUT2D eigenvalue weighted by Gasteiger charge is 2.40. The molecule has 1 aliphatic rings. The van der Waals surface area contributed by atoms with Gasteiger partial charge in [0.25, 0.3) is 5.91 Å². The smallest absolute Gasteiger partial charge is 0.326 e. The van der Waals surface area contributed by atoms with E-state index in [-0.39, 0.29) is 11.8 Å². The third kappa shape index (κ3) is 2.94. The van der Waals surface area contributed by atoms with E-state index < -0.39 is 12.0 Å². The largest absolute Gasteiger partial charge is 0.480 e. The van der Waals surface area contributed by atoms with Crippen molar-refractivity contribution in [1.29, 1.82) is 0 Å². The molecule has 0 aromatic heterocycles. The SMILES string of the molecule is CC1CCN(C(=O)c2cc(I)ccc2Br)C1C(=O)O. The highest BCUT2D eigenvalue weighted by Crippen LogP contribution is 2.28. The molecule has 2 atom stereocenters. The zero-order valence-electron chi connectivity index (χ0n) is 10.3. The normalized spacial score (nSPS) is 22.6. The Morgan fingerprint density at radius 2 is 2.16 bits per heavy atom. The van der Waals surface area contributed by atoms with Crippen LogP contribution in [0.3, 0.4) is 0 Å². The topological polar surface area (TPSA) is 57.6 Å². The van der Waals surface area contributed by atoms with E-state index in [1.807, 2.05) is 19.1 Å². The lowest BCUT2D eigenvalue weighted by Gasteiger charge is -2.24. The third-order valence-electron chi connectivity index (χ3n) is 3.37. The summed E-state index contributed by atoms with van der Waals surface area (Å²) in [5.41, 5.74) is 0.521. The van der Waals surface area contributed by atoms with Crippen molar-refractivity contribution in [2.75, 3.05) is 6.54 Å². The van der Waals surface area contributed by atoms with Crippen molar-refractivity contribution in [3.63, 3.8) is 0 Å². The molecular weight excluding hydrogens is 425 g/mol. The van der Waals surface area contributed by atoms with Crippen molar-refractivity contribution >= 4 is 50.4 Å². The number of likely N-dealkylation sites (tertiary alicyclic amines) is 1. The Bertz CT molecular complexity index is 535. The average Bonchev–Trinajstić information content (AvgIpc) is 2.73. The molecule has 102 valence electrons. The molecule has 2 unspecified atom stereocenters. The van der Waals surface area contributed by atoms with Gasteiger partial charge in [-0.1, -0.05) is 6.92 Å². The number of halogens is 2. The lowest BCUT2D eigenvalue weighted by Crippen LogP contribution is -2.42. The molecule has 0 bridgehead atoms. The van der Waals surface area contributed by atoms with E-state index in [2.05, 4.69) is 38.5 Å². The molecule has 1 amide bonds. The molecule has 1 aromatic rings. The maximum Gasteiger partial charge on any atom is 0.326 e. The standard InChI is InChI=1S/C13H13BrINO3/c1-7-4-5-16(11(7)13(18)19)12(17)9-6-8(15)2-3-10(9)14/h2-3,6-7,11H,4-5H2,1H3,(H,18,19). The number of hydrogen-bond donors (Lipinski definition) is 1. The quantitative estimate of drug-likeness (QED) is 0.723. The van der Waals surface area contributed by atoms with E-state index in [0.717, 1.165) is 9.99 Å². The van der Waals surface area contributed by atoms with Crippen molar-refractivity contribution in [3.8, 4) is 0 Å². The van der Waals surface area contributed by atoms with Crippen LogP contribution in [-0.2, 0) is 4.79 Å². The Kier molecular flexibility index (Phi) is 4.50. The van der Waals surface area contributed by atoms with Crippen LogP contribution in [0.25, 0.3) is 0 Å². The van der Waals surface area contributed by atoms with E-state index in [4.69, 9.17) is 0 Å². The number of aliphatic carboxylic acids is 1. The first-order chi connectivity index (χ1) is 8.91. The number of amides is 1. The van der Waals surface area contributed by atoms with Crippen molar-refractivity contribution < 1.29 is 14.7 Å². The van der Waals surface area contributed by atoms with Gasteiger partial charge in [0.15, 0.2) is 0 Å². The minimum Gasteiger partial charge on any atom is -0.480 e. The fraction of sp³-hybridized carbons (Fsp3) is 0.385. The molecule has 1 saturated heterocycles. The number of rotatable bonds is 2. The summed E-state index contributed by atoms with van der Waals surface area (Å²) in [5, 5.41) is 9.27. The summed E-state index contributed by atoms with van der Waals surface area (Å²) in [6, 6.07) is 4.75. The van der Waals surface area contributed by atoms with E-state index in [1.54, 1.807) is 6.07 Å². The van der Waals surface area contributed by atoms with E-state index in [0.29, 0.717) is 16.6 Å². The van der Waals surface area contributed by atoms with Crippen molar-refractivity contribution in [2.45, 2.75) is 19.4 Å². The summed E-state index contributed by atoms with van der Waals surface area (Å²) in [6.45, 7) is 2.37. The number of carboxylic acid groups (broad SMARTS) is 1. The lowest BCUT2D eigenvalue weighted by atomic mass is 10.0. The zero-order valence-corrected chi connectivity index (χ0v) is 14.0. The van der Waals surface area contributed by atoms with Gasteiger partial charge in [0.2, 0.25) is 0 Å². The predicted molar refractivity (Wildman–Crippen MR) is 83.1 cm³/mol. The molecule has 6 heteroatoms. The van der Waals surface area contributed by atoms with Crippen molar-refractivity contribution in [1.82, 2.24) is 4.90 Å². The van der Waals surface area contributed by atoms with Crippen LogP contribution in [0.5, 0.6) is 0 Å². The number of nitrogens with zero attached hydrogens (tertiary/aromatic N) is 1. The second-order valence-corrected chi connectivity index (χ2v) is 6.77. The summed E-state index contributed by atoms with van der Waals surface area (Å²) in [5.74, 6) is -1.16. The van der Waals surface area contributed by atoms with Gasteiger partial charge in [0.1, 0.15) is 6.04 Å². The molecular formula is C13H13BrINO3. The van der Waals surface area contributed by atoms with Crippen LogP contribution >= 0.6 is 38.5 Å². The monoisotopic (exact) mass is 437 g/mol. The molecule has 0 spiro atoms. The van der Waals surface area contributed by atoms with Gasteiger partial charge in [0, 0.05) is 14.6 Å². The second-order valence-electron chi connectivity index (χ2n) is 4.67. The molecule has 1 N–H and O–H groups in total. The van der Waals surface area contributed by atoms with Gasteiger partial charge in [0.05, 0.1) is 5.56 Å². The van der Waals surface area contributed by atoms with Gasteiger partial charge in [-0.15, -0.1) is 0 Å². The number of carboxylic acids is 1. The summed E-state index contributed by atoms with van der Waals surface area (Å²) in [6.07, 6.45) is 0.726. The Morgan fingerprint density at radius 3 is 2.79 bits per heavy atom. The minimum absolute atomic E-state index is 0.0111. The predicted octanol–water partition coefficient (Wildman–Crippen LogP) is 2.99. The fourth-order valence-corrected chi connectivity index (χ4v) is 3.27.